The molecule has 1 aromatic heterocycles. The fraction of sp³-hybridized carbons (Fsp3) is 0.433. The molecule has 1 saturated heterocycles. The van der Waals surface area contributed by atoms with Crippen LogP contribution in [0.5, 0.6) is 0 Å². The average molecular weight is 562 g/mol. The molecule has 5 rings (SSSR count). The van der Waals surface area contributed by atoms with Crippen LogP contribution < -0.4 is 15.5 Å². The van der Waals surface area contributed by atoms with Crippen LogP contribution in [0, 0.1) is 6.92 Å². The molecule has 3 heterocycles. The summed E-state index contributed by atoms with van der Waals surface area (Å²) in [5, 5.41) is 10.8. The van der Waals surface area contributed by atoms with Gasteiger partial charge >= 0.3 is 6.03 Å². The smallest absolute Gasteiger partial charge is 0.317 e. The van der Waals surface area contributed by atoms with Crippen LogP contribution in [0.3, 0.4) is 0 Å². The van der Waals surface area contributed by atoms with Crippen molar-refractivity contribution < 1.29 is 19.1 Å². The van der Waals surface area contributed by atoms with Gasteiger partial charge < -0.3 is 29.9 Å². The molecule has 0 bridgehead atoms. The third-order valence-electron chi connectivity index (χ3n) is 7.70. The summed E-state index contributed by atoms with van der Waals surface area (Å²) >= 11 is 0. The standard InChI is InChI=1S/C30H39N7O4/c1-22-18-23(29(38)37-21-25-20-32-34(2)28(25)33-26-6-4-5-7-27(26)37)8-9-24(22)19-31-30(39)36-12-10-35(11-13-36)14-15-41-17-16-40-3/h4-9,18,20,33H,10-17,19,21H2,1-3H3,(H,31,39). The fourth-order valence-corrected chi connectivity index (χ4v) is 5.22. The maximum atomic E-state index is 13.8. The normalized spacial score (nSPS) is 15.1. The van der Waals surface area contributed by atoms with Crippen LogP contribution in [0.25, 0.3) is 0 Å². The van der Waals surface area contributed by atoms with Crippen molar-refractivity contribution in [1.82, 2.24) is 24.9 Å². The maximum absolute atomic E-state index is 13.8. The Bertz CT molecular complexity index is 1370. The molecule has 3 amide bonds. The topological polar surface area (TPSA) is 104 Å². The zero-order chi connectivity index (χ0) is 28.8. The van der Waals surface area contributed by atoms with E-state index in [0.717, 1.165) is 53.5 Å². The van der Waals surface area contributed by atoms with Crippen molar-refractivity contribution in [2.45, 2.75) is 20.0 Å². The molecular formula is C30H39N7O4. The Morgan fingerprint density at radius 3 is 2.63 bits per heavy atom. The van der Waals surface area contributed by atoms with E-state index in [1.54, 1.807) is 22.9 Å². The Hall–Kier alpha value is -3.93. The van der Waals surface area contributed by atoms with Gasteiger partial charge in [-0.05, 0) is 42.3 Å². The van der Waals surface area contributed by atoms with Crippen LogP contribution >= 0.6 is 0 Å². The lowest BCUT2D eigenvalue weighted by Gasteiger charge is -2.34. The number of ether oxygens (including phenoxy) is 2. The maximum Gasteiger partial charge on any atom is 0.317 e. The van der Waals surface area contributed by atoms with E-state index in [1.165, 1.54) is 0 Å². The van der Waals surface area contributed by atoms with E-state index in [4.69, 9.17) is 9.47 Å². The third-order valence-corrected chi connectivity index (χ3v) is 7.70. The average Bonchev–Trinajstić information content (AvgIpc) is 3.23. The van der Waals surface area contributed by atoms with E-state index in [2.05, 4.69) is 20.6 Å². The van der Waals surface area contributed by atoms with Gasteiger partial charge in [0, 0.05) is 64.6 Å². The lowest BCUT2D eigenvalue weighted by molar-refractivity contribution is 0.0492. The number of carbonyl (C=O) groups excluding carboxylic acids is 2. The highest BCUT2D eigenvalue weighted by Crippen LogP contribution is 2.36. The van der Waals surface area contributed by atoms with E-state index in [-0.39, 0.29) is 11.9 Å². The van der Waals surface area contributed by atoms with Gasteiger partial charge in [0.1, 0.15) is 5.82 Å². The number of nitrogens with zero attached hydrogens (tertiary/aromatic N) is 5. The number of anilines is 3. The van der Waals surface area contributed by atoms with E-state index in [0.29, 0.717) is 51.6 Å². The van der Waals surface area contributed by atoms with Crippen molar-refractivity contribution in [2.75, 3.05) is 69.9 Å². The van der Waals surface area contributed by atoms with Crippen molar-refractivity contribution in [3.8, 4) is 0 Å². The second-order valence-electron chi connectivity index (χ2n) is 10.4. The number of fused-ring (bicyclic) bond motifs is 2. The third kappa shape index (κ3) is 6.70. The first-order chi connectivity index (χ1) is 19.9. The molecule has 0 spiro atoms. The minimum absolute atomic E-state index is 0.0681. The Balaban J connectivity index is 1.17. The lowest BCUT2D eigenvalue weighted by Crippen LogP contribution is -2.52. The predicted molar refractivity (Wildman–Crippen MR) is 158 cm³/mol. The van der Waals surface area contributed by atoms with Crippen molar-refractivity contribution in [3.05, 3.63) is 70.9 Å². The summed E-state index contributed by atoms with van der Waals surface area (Å²) in [4.78, 5) is 32.6. The minimum atomic E-state index is -0.0865. The Morgan fingerprint density at radius 2 is 1.85 bits per heavy atom. The van der Waals surface area contributed by atoms with E-state index >= 15 is 0 Å². The quantitative estimate of drug-likeness (QED) is 0.387. The molecular weight excluding hydrogens is 522 g/mol. The molecule has 2 N–H and O–H groups in total. The number of nitrogens with one attached hydrogen (secondary N) is 2. The number of aryl methyl sites for hydroxylation is 2. The zero-order valence-electron chi connectivity index (χ0n) is 24.1. The van der Waals surface area contributed by atoms with Gasteiger partial charge in [0.2, 0.25) is 0 Å². The van der Waals surface area contributed by atoms with Crippen LogP contribution in [0.2, 0.25) is 0 Å². The number of hydrogen-bond acceptors (Lipinski definition) is 7. The fourth-order valence-electron chi connectivity index (χ4n) is 5.22. The number of amides is 3. The SMILES string of the molecule is COCCOCCN1CCN(C(=O)NCc2ccc(C(=O)N3Cc4cnn(C)c4Nc4ccccc43)cc2C)CC1. The molecule has 0 saturated carbocycles. The van der Waals surface area contributed by atoms with Gasteiger partial charge in [0.15, 0.2) is 0 Å². The predicted octanol–water partition coefficient (Wildman–Crippen LogP) is 3.12. The van der Waals surface area contributed by atoms with Crippen molar-refractivity contribution in [1.29, 1.82) is 0 Å². The van der Waals surface area contributed by atoms with Gasteiger partial charge in [-0.1, -0.05) is 18.2 Å². The van der Waals surface area contributed by atoms with Crippen LogP contribution in [0.1, 0.15) is 27.0 Å². The van der Waals surface area contributed by atoms with Crippen molar-refractivity contribution in [3.63, 3.8) is 0 Å². The molecule has 3 aromatic rings. The molecule has 41 heavy (non-hydrogen) atoms. The number of hydrogen-bond donors (Lipinski definition) is 2. The number of carbonyl (C=O) groups is 2. The summed E-state index contributed by atoms with van der Waals surface area (Å²) in [6.45, 7) is 8.53. The number of piperazine rings is 1. The molecule has 0 radical (unpaired) electrons. The zero-order valence-corrected chi connectivity index (χ0v) is 24.1. The molecule has 11 heteroatoms. The monoisotopic (exact) mass is 561 g/mol. The second-order valence-corrected chi connectivity index (χ2v) is 10.4. The van der Waals surface area contributed by atoms with Gasteiger partial charge in [0.25, 0.3) is 5.91 Å². The Kier molecular flexibility index (Phi) is 9.17. The number of urea groups is 1. The summed E-state index contributed by atoms with van der Waals surface area (Å²) in [5.74, 6) is 0.792. The van der Waals surface area contributed by atoms with Crippen LogP contribution in [0.4, 0.5) is 22.0 Å². The number of benzene rings is 2. The molecule has 2 aromatic carbocycles. The summed E-state index contributed by atoms with van der Waals surface area (Å²) in [7, 11) is 3.55. The highest BCUT2D eigenvalue weighted by Gasteiger charge is 2.27. The summed E-state index contributed by atoms with van der Waals surface area (Å²) in [6.07, 6.45) is 1.80. The Labute approximate surface area is 241 Å². The molecule has 1 fully saturated rings. The van der Waals surface area contributed by atoms with Gasteiger partial charge in [0.05, 0.1) is 43.9 Å². The highest BCUT2D eigenvalue weighted by molar-refractivity contribution is 6.08. The largest absolute Gasteiger partial charge is 0.382 e. The number of rotatable bonds is 9. The molecule has 2 aliphatic rings. The number of aromatic nitrogens is 2. The van der Waals surface area contributed by atoms with E-state index < -0.39 is 0 Å². The van der Waals surface area contributed by atoms with Gasteiger partial charge in [-0.15, -0.1) is 0 Å². The van der Waals surface area contributed by atoms with Crippen LogP contribution in [0.15, 0.2) is 48.7 Å². The molecule has 0 atom stereocenters. The summed E-state index contributed by atoms with van der Waals surface area (Å²) in [5.41, 5.74) is 5.16. The summed E-state index contributed by atoms with van der Waals surface area (Å²) < 4.78 is 12.3. The van der Waals surface area contributed by atoms with Gasteiger partial charge in [-0.3, -0.25) is 14.4 Å². The molecule has 0 unspecified atom stereocenters. The van der Waals surface area contributed by atoms with E-state index in [9.17, 15) is 9.59 Å². The first kappa shape index (κ1) is 28.6. The first-order valence-electron chi connectivity index (χ1n) is 14.0. The van der Waals surface area contributed by atoms with Crippen molar-refractivity contribution >= 4 is 29.1 Å². The van der Waals surface area contributed by atoms with Gasteiger partial charge in [-0.2, -0.15) is 5.10 Å². The van der Waals surface area contributed by atoms with Crippen LogP contribution in [-0.4, -0.2) is 91.2 Å². The molecule has 0 aliphatic carbocycles. The molecule has 218 valence electrons. The van der Waals surface area contributed by atoms with Gasteiger partial charge in [-0.25, -0.2) is 4.79 Å². The summed E-state index contributed by atoms with van der Waals surface area (Å²) in [6, 6.07) is 13.4. The lowest BCUT2D eigenvalue weighted by atomic mass is 10.0. The van der Waals surface area contributed by atoms with Crippen LogP contribution in [-0.2, 0) is 29.6 Å². The van der Waals surface area contributed by atoms with E-state index in [1.807, 2.05) is 61.3 Å². The molecule has 2 aliphatic heterocycles. The Morgan fingerprint density at radius 1 is 1.05 bits per heavy atom. The highest BCUT2D eigenvalue weighted by atomic mass is 16.5. The minimum Gasteiger partial charge on any atom is -0.382 e. The number of para-hydroxylation sites is 2. The second kappa shape index (κ2) is 13.2. The number of methoxy groups -OCH3 is 1. The van der Waals surface area contributed by atoms with Crippen molar-refractivity contribution in [2.24, 2.45) is 7.05 Å². The molecule has 11 nitrogen and oxygen atoms in total. The first-order valence-corrected chi connectivity index (χ1v) is 14.0.